The minimum absolute atomic E-state index is 0.00259. The van der Waals surface area contributed by atoms with Crippen LogP contribution < -0.4 is 0 Å². The van der Waals surface area contributed by atoms with Crippen molar-refractivity contribution in [2.24, 2.45) is 0 Å². The minimum Gasteiger partial charge on any atom is -0.394 e. The van der Waals surface area contributed by atoms with Gasteiger partial charge in [0.2, 0.25) is 0 Å². The van der Waals surface area contributed by atoms with Crippen LogP contribution in [-0.4, -0.2) is 54.2 Å². The summed E-state index contributed by atoms with van der Waals surface area (Å²) in [6, 6.07) is 7.65. The zero-order chi connectivity index (χ0) is 14.5. The van der Waals surface area contributed by atoms with E-state index in [1.54, 1.807) is 0 Å². The van der Waals surface area contributed by atoms with Crippen LogP contribution >= 0.6 is 0 Å². The maximum Gasteiger partial charge on any atom is 0.179 e. The molecule has 0 radical (unpaired) electrons. The van der Waals surface area contributed by atoms with Crippen LogP contribution in [0.25, 0.3) is 0 Å². The number of hydrogen-bond donors (Lipinski definition) is 1. The van der Waals surface area contributed by atoms with Gasteiger partial charge in [-0.25, -0.2) is 0 Å². The highest BCUT2D eigenvalue weighted by Gasteiger charge is 2.28. The highest BCUT2D eigenvalue weighted by atomic mass is 16.5. The van der Waals surface area contributed by atoms with Gasteiger partial charge in [-0.2, -0.15) is 0 Å². The van der Waals surface area contributed by atoms with Gasteiger partial charge in [0.1, 0.15) is 0 Å². The van der Waals surface area contributed by atoms with Crippen molar-refractivity contribution in [1.29, 1.82) is 0 Å². The Morgan fingerprint density at radius 2 is 2.15 bits per heavy atom. The maximum absolute atomic E-state index is 12.5. The molecule has 1 aromatic carbocycles. The standard InChI is InChI=1S/C16H23NO3/c1-3-13-4-6-14(7-5-13)16(19)12(2)17-8-9-20-15(10-17)11-18/h4-7,12,15,18H,3,8-11H2,1-2H3. The molecule has 1 aliphatic rings. The second-order valence-electron chi connectivity index (χ2n) is 5.26. The Morgan fingerprint density at radius 1 is 1.45 bits per heavy atom. The Morgan fingerprint density at radius 3 is 2.75 bits per heavy atom. The molecular formula is C16H23NO3. The van der Waals surface area contributed by atoms with Crippen molar-refractivity contribution in [2.45, 2.75) is 32.4 Å². The van der Waals surface area contributed by atoms with E-state index in [0.717, 1.165) is 18.5 Å². The van der Waals surface area contributed by atoms with Crippen molar-refractivity contribution in [3.63, 3.8) is 0 Å². The van der Waals surface area contributed by atoms with Crippen LogP contribution in [0.15, 0.2) is 24.3 Å². The van der Waals surface area contributed by atoms with Crippen molar-refractivity contribution in [2.75, 3.05) is 26.3 Å². The number of aryl methyl sites for hydroxylation is 1. The van der Waals surface area contributed by atoms with Crippen LogP contribution in [0.1, 0.15) is 29.8 Å². The Kier molecular flexibility index (Phi) is 5.29. The molecule has 0 spiro atoms. The number of ketones is 1. The first kappa shape index (κ1) is 15.2. The number of nitrogens with zero attached hydrogens (tertiary/aromatic N) is 1. The molecular weight excluding hydrogens is 254 g/mol. The normalized spacial score (nSPS) is 21.6. The third-order valence-corrected chi connectivity index (χ3v) is 3.95. The SMILES string of the molecule is CCc1ccc(C(=O)C(C)N2CCOC(CO)C2)cc1. The van der Waals surface area contributed by atoms with Crippen molar-refractivity contribution in [3.05, 3.63) is 35.4 Å². The fourth-order valence-corrected chi connectivity index (χ4v) is 2.52. The van der Waals surface area contributed by atoms with Gasteiger partial charge in [-0.3, -0.25) is 9.69 Å². The molecule has 0 bridgehead atoms. The van der Waals surface area contributed by atoms with E-state index in [4.69, 9.17) is 9.84 Å². The molecule has 2 rings (SSSR count). The first-order valence-electron chi connectivity index (χ1n) is 7.25. The average Bonchev–Trinajstić information content (AvgIpc) is 2.53. The lowest BCUT2D eigenvalue weighted by molar-refractivity contribution is -0.0592. The lowest BCUT2D eigenvalue weighted by atomic mass is 10.0. The molecule has 1 fully saturated rings. The van der Waals surface area contributed by atoms with E-state index in [0.29, 0.717) is 13.2 Å². The highest BCUT2D eigenvalue weighted by molar-refractivity contribution is 5.99. The summed E-state index contributed by atoms with van der Waals surface area (Å²) >= 11 is 0. The van der Waals surface area contributed by atoms with E-state index >= 15 is 0 Å². The zero-order valence-electron chi connectivity index (χ0n) is 12.2. The van der Waals surface area contributed by atoms with E-state index in [1.807, 2.05) is 31.2 Å². The third-order valence-electron chi connectivity index (χ3n) is 3.95. The van der Waals surface area contributed by atoms with E-state index in [1.165, 1.54) is 5.56 Å². The van der Waals surface area contributed by atoms with Gasteiger partial charge in [-0.05, 0) is 18.9 Å². The van der Waals surface area contributed by atoms with E-state index in [-0.39, 0.29) is 24.5 Å². The number of hydrogen-bond acceptors (Lipinski definition) is 4. The van der Waals surface area contributed by atoms with Gasteiger partial charge in [0, 0.05) is 18.7 Å². The molecule has 0 saturated carbocycles. The number of benzene rings is 1. The van der Waals surface area contributed by atoms with Gasteiger partial charge in [-0.1, -0.05) is 31.2 Å². The van der Waals surface area contributed by atoms with Gasteiger partial charge in [-0.15, -0.1) is 0 Å². The molecule has 4 heteroatoms. The summed E-state index contributed by atoms with van der Waals surface area (Å²) in [6.07, 6.45) is 0.799. The Balaban J connectivity index is 2.03. The number of aliphatic hydroxyl groups is 1. The summed E-state index contributed by atoms with van der Waals surface area (Å²) < 4.78 is 5.42. The second kappa shape index (κ2) is 6.97. The molecule has 1 heterocycles. The van der Waals surface area contributed by atoms with Crippen LogP contribution in [0.4, 0.5) is 0 Å². The number of rotatable bonds is 5. The molecule has 1 saturated heterocycles. The first-order valence-corrected chi connectivity index (χ1v) is 7.25. The van der Waals surface area contributed by atoms with Gasteiger partial charge in [0.05, 0.1) is 25.4 Å². The topological polar surface area (TPSA) is 49.8 Å². The Hall–Kier alpha value is -1.23. The van der Waals surface area contributed by atoms with Crippen molar-refractivity contribution < 1.29 is 14.6 Å². The lowest BCUT2D eigenvalue weighted by Crippen LogP contribution is -2.50. The first-order chi connectivity index (χ1) is 9.65. The summed E-state index contributed by atoms with van der Waals surface area (Å²) in [5.41, 5.74) is 1.99. The molecule has 2 atom stereocenters. The van der Waals surface area contributed by atoms with Crippen molar-refractivity contribution in [1.82, 2.24) is 4.90 Å². The molecule has 20 heavy (non-hydrogen) atoms. The average molecular weight is 277 g/mol. The minimum atomic E-state index is -0.180. The molecule has 110 valence electrons. The lowest BCUT2D eigenvalue weighted by Gasteiger charge is -2.35. The van der Waals surface area contributed by atoms with Crippen LogP contribution in [0.3, 0.4) is 0 Å². The number of aliphatic hydroxyl groups excluding tert-OH is 1. The van der Waals surface area contributed by atoms with E-state index in [9.17, 15) is 4.79 Å². The molecule has 0 aromatic heterocycles. The van der Waals surface area contributed by atoms with Gasteiger partial charge in [0.15, 0.2) is 5.78 Å². The number of Topliss-reactive ketones (excluding diaryl/α,β-unsaturated/α-hetero) is 1. The van der Waals surface area contributed by atoms with Crippen LogP contribution in [0.5, 0.6) is 0 Å². The number of carbonyl (C=O) groups excluding carboxylic acids is 1. The fourth-order valence-electron chi connectivity index (χ4n) is 2.52. The summed E-state index contributed by atoms with van der Waals surface area (Å²) in [5, 5.41) is 9.17. The second-order valence-corrected chi connectivity index (χ2v) is 5.26. The molecule has 4 nitrogen and oxygen atoms in total. The quantitative estimate of drug-likeness (QED) is 0.829. The predicted octanol–water partition coefficient (Wildman–Crippen LogP) is 1.51. The summed E-state index contributed by atoms with van der Waals surface area (Å²) in [5.74, 6) is 0.131. The third kappa shape index (κ3) is 3.45. The monoisotopic (exact) mass is 277 g/mol. The number of carbonyl (C=O) groups is 1. The number of ether oxygens (including phenoxy) is 1. The Labute approximate surface area is 120 Å². The van der Waals surface area contributed by atoms with Gasteiger partial charge in [0.25, 0.3) is 0 Å². The molecule has 2 unspecified atom stereocenters. The van der Waals surface area contributed by atoms with Crippen LogP contribution in [-0.2, 0) is 11.2 Å². The van der Waals surface area contributed by atoms with Gasteiger partial charge < -0.3 is 9.84 Å². The summed E-state index contributed by atoms with van der Waals surface area (Å²) in [7, 11) is 0. The zero-order valence-corrected chi connectivity index (χ0v) is 12.2. The molecule has 0 aliphatic carbocycles. The number of morpholine rings is 1. The van der Waals surface area contributed by atoms with Crippen molar-refractivity contribution in [3.8, 4) is 0 Å². The maximum atomic E-state index is 12.5. The molecule has 1 N–H and O–H groups in total. The highest BCUT2D eigenvalue weighted by Crippen LogP contribution is 2.14. The molecule has 0 amide bonds. The molecule has 1 aromatic rings. The van der Waals surface area contributed by atoms with E-state index in [2.05, 4.69) is 11.8 Å². The summed E-state index contributed by atoms with van der Waals surface area (Å²) in [6.45, 7) is 5.94. The smallest absolute Gasteiger partial charge is 0.179 e. The predicted molar refractivity (Wildman–Crippen MR) is 78.0 cm³/mol. The Bertz CT molecular complexity index is 444. The summed E-state index contributed by atoms with van der Waals surface area (Å²) in [4.78, 5) is 14.6. The largest absolute Gasteiger partial charge is 0.394 e. The van der Waals surface area contributed by atoms with E-state index < -0.39 is 0 Å². The van der Waals surface area contributed by atoms with Gasteiger partial charge >= 0.3 is 0 Å². The van der Waals surface area contributed by atoms with Crippen LogP contribution in [0, 0.1) is 0 Å². The van der Waals surface area contributed by atoms with Crippen LogP contribution in [0.2, 0.25) is 0 Å². The molecule has 1 aliphatic heterocycles. The van der Waals surface area contributed by atoms with Crippen molar-refractivity contribution >= 4 is 5.78 Å². The fraction of sp³-hybridized carbons (Fsp3) is 0.562.